The van der Waals surface area contributed by atoms with E-state index < -0.39 is 22.5 Å². The summed E-state index contributed by atoms with van der Waals surface area (Å²) in [6, 6.07) is 21.0. The molecule has 3 aromatic rings. The van der Waals surface area contributed by atoms with E-state index in [4.69, 9.17) is 4.74 Å². The number of benzene rings is 3. The molecular weight excluding hydrogens is 482 g/mol. The summed E-state index contributed by atoms with van der Waals surface area (Å²) in [5.74, 6) is 2.16. The molecule has 1 aliphatic rings. The number of ether oxygens (including phenoxy) is 1. The van der Waals surface area contributed by atoms with Crippen molar-refractivity contribution < 1.29 is 17.9 Å². The number of nitrogens with one attached hydrogen (secondary N) is 1. The summed E-state index contributed by atoms with van der Waals surface area (Å²) in [5, 5.41) is 4.02. The van der Waals surface area contributed by atoms with E-state index in [9.17, 15) is 13.2 Å². The molecule has 0 radical (unpaired) electrons. The van der Waals surface area contributed by atoms with Gasteiger partial charge in [-0.1, -0.05) is 47.5 Å². The van der Waals surface area contributed by atoms with Crippen LogP contribution in [-0.4, -0.2) is 44.7 Å². The number of hydrogen-bond acceptors (Lipinski definition) is 6. The standard InChI is InChI=1S/C26H27N3O4S2/c1-19-6-10-22(11-7-19)29(35(31,32)25-12-8-20(2)9-13-25)16-26(30)28-27-15-21-4-3-5-23(14-21)33-24-17-34-18-24/h3-15,24H,16-18H2,1-2H3,(H,28,30)/b27-15-. The first-order valence-electron chi connectivity index (χ1n) is 11.1. The van der Waals surface area contributed by atoms with Crippen molar-refractivity contribution in [3.8, 4) is 5.75 Å². The van der Waals surface area contributed by atoms with Crippen LogP contribution in [0.25, 0.3) is 0 Å². The number of hydrazone groups is 1. The lowest BCUT2D eigenvalue weighted by molar-refractivity contribution is -0.119. The van der Waals surface area contributed by atoms with Gasteiger partial charge in [0.25, 0.3) is 15.9 Å². The Balaban J connectivity index is 1.48. The van der Waals surface area contributed by atoms with Crippen molar-refractivity contribution in [2.24, 2.45) is 5.10 Å². The second-order valence-electron chi connectivity index (χ2n) is 8.30. The van der Waals surface area contributed by atoms with Gasteiger partial charge < -0.3 is 4.74 Å². The van der Waals surface area contributed by atoms with Crippen LogP contribution in [-0.2, 0) is 14.8 Å². The van der Waals surface area contributed by atoms with E-state index in [0.717, 1.165) is 38.3 Å². The van der Waals surface area contributed by atoms with Crippen LogP contribution in [0.4, 0.5) is 5.69 Å². The van der Waals surface area contributed by atoms with E-state index in [-0.39, 0.29) is 11.0 Å². The Labute approximate surface area is 210 Å². The molecule has 1 aliphatic heterocycles. The van der Waals surface area contributed by atoms with Crippen LogP contribution in [0.3, 0.4) is 0 Å². The Bertz CT molecular complexity index is 1300. The van der Waals surface area contributed by atoms with Crippen molar-refractivity contribution in [1.82, 2.24) is 5.43 Å². The average Bonchev–Trinajstić information content (AvgIpc) is 2.81. The van der Waals surface area contributed by atoms with Gasteiger partial charge in [-0.15, -0.1) is 0 Å². The predicted molar refractivity (Wildman–Crippen MR) is 141 cm³/mol. The summed E-state index contributed by atoms with van der Waals surface area (Å²) in [6.07, 6.45) is 1.74. The molecule has 7 nitrogen and oxygen atoms in total. The summed E-state index contributed by atoms with van der Waals surface area (Å²) in [4.78, 5) is 12.8. The quantitative estimate of drug-likeness (QED) is 0.346. The van der Waals surface area contributed by atoms with E-state index in [2.05, 4.69) is 10.5 Å². The molecule has 3 aromatic carbocycles. The molecule has 0 unspecified atom stereocenters. The minimum absolute atomic E-state index is 0.113. The second-order valence-corrected chi connectivity index (χ2v) is 11.2. The van der Waals surface area contributed by atoms with Gasteiger partial charge in [-0.3, -0.25) is 9.10 Å². The first-order valence-corrected chi connectivity index (χ1v) is 13.7. The van der Waals surface area contributed by atoms with E-state index in [1.54, 1.807) is 48.5 Å². The zero-order valence-electron chi connectivity index (χ0n) is 19.5. The molecule has 1 N–H and O–H groups in total. The highest BCUT2D eigenvalue weighted by Crippen LogP contribution is 2.25. The first-order chi connectivity index (χ1) is 16.8. The summed E-state index contributed by atoms with van der Waals surface area (Å²) >= 11 is 1.84. The van der Waals surface area contributed by atoms with E-state index in [0.29, 0.717) is 5.69 Å². The minimum Gasteiger partial charge on any atom is -0.489 e. The Kier molecular flexibility index (Phi) is 7.77. The van der Waals surface area contributed by atoms with Crippen LogP contribution in [0.5, 0.6) is 5.75 Å². The van der Waals surface area contributed by atoms with Crippen molar-refractivity contribution in [3.63, 3.8) is 0 Å². The first kappa shape index (κ1) is 24.8. The van der Waals surface area contributed by atoms with Gasteiger partial charge in [0.2, 0.25) is 0 Å². The number of aryl methyl sites for hydroxylation is 2. The zero-order chi connectivity index (χ0) is 24.8. The van der Waals surface area contributed by atoms with Gasteiger partial charge >= 0.3 is 0 Å². The van der Waals surface area contributed by atoms with E-state index in [1.807, 2.05) is 49.9 Å². The molecule has 0 aromatic heterocycles. The number of carbonyl (C=O) groups is 1. The van der Waals surface area contributed by atoms with Gasteiger partial charge in [-0.2, -0.15) is 16.9 Å². The van der Waals surface area contributed by atoms with Crippen molar-refractivity contribution >= 4 is 39.6 Å². The Morgan fingerprint density at radius 3 is 2.34 bits per heavy atom. The van der Waals surface area contributed by atoms with Gasteiger partial charge in [0, 0.05) is 11.5 Å². The molecule has 1 heterocycles. The number of rotatable bonds is 9. The lowest BCUT2D eigenvalue weighted by atomic mass is 10.2. The van der Waals surface area contributed by atoms with Crippen LogP contribution in [0.2, 0.25) is 0 Å². The van der Waals surface area contributed by atoms with Crippen LogP contribution in [0, 0.1) is 13.8 Å². The number of sulfonamides is 1. The molecule has 1 fully saturated rings. The lowest BCUT2D eigenvalue weighted by Crippen LogP contribution is -2.39. The van der Waals surface area contributed by atoms with Gasteiger partial charge in [0.1, 0.15) is 18.4 Å². The van der Waals surface area contributed by atoms with Crippen molar-refractivity contribution in [2.45, 2.75) is 24.8 Å². The molecule has 182 valence electrons. The Morgan fingerprint density at radius 1 is 1.06 bits per heavy atom. The highest BCUT2D eigenvalue weighted by molar-refractivity contribution is 8.00. The van der Waals surface area contributed by atoms with E-state index >= 15 is 0 Å². The SMILES string of the molecule is Cc1ccc(N(CC(=O)N/N=C\c2cccc(OC3CSC3)c2)S(=O)(=O)c2ccc(C)cc2)cc1. The summed E-state index contributed by atoms with van der Waals surface area (Å²) in [6.45, 7) is 3.38. The van der Waals surface area contributed by atoms with Crippen LogP contribution >= 0.6 is 11.8 Å². The predicted octanol–water partition coefficient (Wildman–Crippen LogP) is 4.14. The van der Waals surface area contributed by atoms with Crippen molar-refractivity contribution in [1.29, 1.82) is 0 Å². The smallest absolute Gasteiger partial charge is 0.264 e. The molecule has 1 saturated heterocycles. The van der Waals surface area contributed by atoms with E-state index in [1.165, 1.54) is 6.21 Å². The summed E-state index contributed by atoms with van der Waals surface area (Å²) in [5.41, 5.74) is 5.52. The maximum Gasteiger partial charge on any atom is 0.264 e. The van der Waals surface area contributed by atoms with Gasteiger partial charge in [0.05, 0.1) is 16.8 Å². The largest absolute Gasteiger partial charge is 0.489 e. The molecule has 0 spiro atoms. The number of anilines is 1. The molecule has 0 atom stereocenters. The number of thioether (sulfide) groups is 1. The maximum absolute atomic E-state index is 13.4. The van der Waals surface area contributed by atoms with Gasteiger partial charge in [-0.25, -0.2) is 13.8 Å². The normalized spacial score (nSPS) is 13.9. The fourth-order valence-electron chi connectivity index (χ4n) is 3.35. The number of nitrogens with zero attached hydrogens (tertiary/aromatic N) is 2. The van der Waals surface area contributed by atoms with Crippen LogP contribution in [0.15, 0.2) is 82.8 Å². The highest BCUT2D eigenvalue weighted by atomic mass is 32.2. The fourth-order valence-corrected chi connectivity index (χ4v) is 5.34. The molecule has 4 rings (SSSR count). The third-order valence-corrected chi connectivity index (χ3v) is 8.39. The Hall–Kier alpha value is -3.30. The molecule has 0 bridgehead atoms. The van der Waals surface area contributed by atoms with Gasteiger partial charge in [0.15, 0.2) is 0 Å². The summed E-state index contributed by atoms with van der Waals surface area (Å²) < 4.78 is 33.8. The summed E-state index contributed by atoms with van der Waals surface area (Å²) in [7, 11) is -3.97. The van der Waals surface area contributed by atoms with Crippen molar-refractivity contribution in [2.75, 3.05) is 22.4 Å². The molecule has 0 aliphatic carbocycles. The van der Waals surface area contributed by atoms with Crippen LogP contribution < -0.4 is 14.5 Å². The highest BCUT2D eigenvalue weighted by Gasteiger charge is 2.27. The topological polar surface area (TPSA) is 88.1 Å². The third-order valence-electron chi connectivity index (χ3n) is 5.39. The number of hydrogen-bond donors (Lipinski definition) is 1. The fraction of sp³-hybridized carbons (Fsp3) is 0.231. The van der Waals surface area contributed by atoms with Crippen LogP contribution in [0.1, 0.15) is 16.7 Å². The zero-order valence-corrected chi connectivity index (χ0v) is 21.2. The number of amides is 1. The number of carbonyl (C=O) groups excluding carboxylic acids is 1. The van der Waals surface area contributed by atoms with Gasteiger partial charge in [-0.05, 0) is 55.8 Å². The third kappa shape index (κ3) is 6.43. The van der Waals surface area contributed by atoms with Crippen molar-refractivity contribution in [3.05, 3.63) is 89.5 Å². The molecule has 1 amide bonds. The lowest BCUT2D eigenvalue weighted by Gasteiger charge is -2.25. The Morgan fingerprint density at radius 2 is 1.71 bits per heavy atom. The molecule has 9 heteroatoms. The second kappa shape index (κ2) is 11.0. The average molecular weight is 510 g/mol. The minimum atomic E-state index is -3.97. The maximum atomic E-state index is 13.4. The monoisotopic (exact) mass is 509 g/mol. The molecular formula is C26H27N3O4S2. The molecule has 35 heavy (non-hydrogen) atoms. The molecule has 0 saturated carbocycles.